The van der Waals surface area contributed by atoms with E-state index in [0.717, 1.165) is 11.3 Å². The van der Waals surface area contributed by atoms with E-state index in [-0.39, 0.29) is 11.9 Å². The molecule has 0 saturated carbocycles. The molecule has 0 bridgehead atoms. The van der Waals surface area contributed by atoms with Gasteiger partial charge in [0.2, 0.25) is 0 Å². The zero-order valence-corrected chi connectivity index (χ0v) is 13.6. The van der Waals surface area contributed by atoms with Gasteiger partial charge in [0.15, 0.2) is 0 Å². The molecular weight excluding hydrogens is 288 g/mol. The molecule has 4 heteroatoms. The molecule has 23 heavy (non-hydrogen) atoms. The van der Waals surface area contributed by atoms with Crippen molar-refractivity contribution in [1.29, 1.82) is 0 Å². The Balaban J connectivity index is 2.14. The maximum Gasteiger partial charge on any atom is 0.332 e. The summed E-state index contributed by atoms with van der Waals surface area (Å²) in [5.41, 5.74) is 0.984. The van der Waals surface area contributed by atoms with E-state index in [1.807, 2.05) is 81.4 Å². The van der Waals surface area contributed by atoms with E-state index in [4.69, 9.17) is 0 Å². The maximum absolute atomic E-state index is 13.0. The van der Waals surface area contributed by atoms with Crippen LogP contribution in [0.15, 0.2) is 60.7 Å². The minimum absolute atomic E-state index is 0.183. The first-order valence-corrected chi connectivity index (χ1v) is 7.68. The molecule has 3 rings (SSSR count). The highest BCUT2D eigenvalue weighted by Gasteiger charge is 2.50. The average molecular weight is 308 g/mol. The summed E-state index contributed by atoms with van der Waals surface area (Å²) in [5.74, 6) is -0.183. The second kappa shape index (κ2) is 5.54. The molecule has 2 aromatic carbocycles. The first kappa shape index (κ1) is 15.3. The van der Waals surface area contributed by atoms with Crippen LogP contribution < -0.4 is 4.90 Å². The molecule has 1 atom stereocenters. The van der Waals surface area contributed by atoms with Crippen molar-refractivity contribution in [3.63, 3.8) is 0 Å². The zero-order chi connectivity index (χ0) is 16.6. The molecule has 1 aliphatic heterocycles. The van der Waals surface area contributed by atoms with E-state index in [1.165, 1.54) is 4.90 Å². The topological polar surface area (TPSA) is 40.6 Å². The molecular formula is C19H20N2O2. The molecule has 1 unspecified atom stereocenters. The number of urea groups is 1. The van der Waals surface area contributed by atoms with Crippen LogP contribution in [0.25, 0.3) is 0 Å². The van der Waals surface area contributed by atoms with E-state index in [1.54, 1.807) is 4.90 Å². The molecule has 0 spiro atoms. The van der Waals surface area contributed by atoms with E-state index < -0.39 is 11.6 Å². The lowest BCUT2D eigenvalue weighted by atomic mass is 10.0. The van der Waals surface area contributed by atoms with Crippen molar-refractivity contribution < 1.29 is 9.59 Å². The summed E-state index contributed by atoms with van der Waals surface area (Å²) in [6.45, 7) is 5.62. The summed E-state index contributed by atoms with van der Waals surface area (Å²) in [4.78, 5) is 28.9. The monoisotopic (exact) mass is 308 g/mol. The lowest BCUT2D eigenvalue weighted by molar-refractivity contribution is -0.130. The summed E-state index contributed by atoms with van der Waals surface area (Å²) in [5, 5.41) is 0. The molecule has 1 aliphatic rings. The second-order valence-corrected chi connectivity index (χ2v) is 6.65. The molecule has 0 aliphatic carbocycles. The largest absolute Gasteiger partial charge is 0.332 e. The summed E-state index contributed by atoms with van der Waals surface area (Å²) in [6, 6.07) is 17.9. The highest BCUT2D eigenvalue weighted by atomic mass is 16.2. The number of hydrogen-bond acceptors (Lipinski definition) is 2. The number of imide groups is 1. The van der Waals surface area contributed by atoms with Crippen LogP contribution in [0.1, 0.15) is 32.4 Å². The van der Waals surface area contributed by atoms with Gasteiger partial charge in [-0.15, -0.1) is 0 Å². The number of para-hydroxylation sites is 1. The van der Waals surface area contributed by atoms with Crippen LogP contribution in [0, 0.1) is 0 Å². The smallest absolute Gasteiger partial charge is 0.277 e. The van der Waals surface area contributed by atoms with Crippen molar-refractivity contribution >= 4 is 17.6 Å². The van der Waals surface area contributed by atoms with Crippen molar-refractivity contribution in [3.05, 3.63) is 66.2 Å². The molecule has 1 heterocycles. The fourth-order valence-electron chi connectivity index (χ4n) is 2.94. The number of rotatable bonds is 2. The molecule has 4 nitrogen and oxygen atoms in total. The highest BCUT2D eigenvalue weighted by Crippen LogP contribution is 2.38. The van der Waals surface area contributed by atoms with Gasteiger partial charge < -0.3 is 0 Å². The fraction of sp³-hybridized carbons (Fsp3) is 0.263. The Hall–Kier alpha value is -2.62. The number of nitrogens with zero attached hydrogens (tertiary/aromatic N) is 2. The van der Waals surface area contributed by atoms with Gasteiger partial charge in [-0.05, 0) is 38.5 Å². The Morgan fingerprint density at radius 1 is 0.826 bits per heavy atom. The summed E-state index contributed by atoms with van der Waals surface area (Å²) < 4.78 is 0. The van der Waals surface area contributed by atoms with Gasteiger partial charge in [0, 0.05) is 11.2 Å². The van der Waals surface area contributed by atoms with Crippen molar-refractivity contribution in [2.45, 2.75) is 32.4 Å². The standard InChI is InChI=1S/C19H20N2O2/c1-19(2,3)21-17(22)16(14-10-6-4-7-11-14)20(18(21)23)15-12-8-5-9-13-15/h4-13,16H,1-3H3. The van der Waals surface area contributed by atoms with Crippen LogP contribution >= 0.6 is 0 Å². The number of carbonyl (C=O) groups is 2. The van der Waals surface area contributed by atoms with Gasteiger partial charge in [0.1, 0.15) is 6.04 Å². The van der Waals surface area contributed by atoms with E-state index in [0.29, 0.717) is 0 Å². The van der Waals surface area contributed by atoms with E-state index in [9.17, 15) is 9.59 Å². The second-order valence-electron chi connectivity index (χ2n) is 6.65. The molecule has 118 valence electrons. The first-order valence-electron chi connectivity index (χ1n) is 7.68. The number of amides is 3. The Bertz CT molecular complexity index is 663. The number of hydrogen-bond donors (Lipinski definition) is 0. The van der Waals surface area contributed by atoms with E-state index >= 15 is 0 Å². The van der Waals surface area contributed by atoms with Gasteiger partial charge in [-0.2, -0.15) is 0 Å². The molecule has 0 radical (unpaired) electrons. The first-order chi connectivity index (χ1) is 10.9. The minimum Gasteiger partial charge on any atom is -0.277 e. The van der Waals surface area contributed by atoms with Gasteiger partial charge in [-0.3, -0.25) is 14.6 Å². The Morgan fingerprint density at radius 2 is 1.35 bits per heavy atom. The van der Waals surface area contributed by atoms with Crippen molar-refractivity contribution in [2.75, 3.05) is 4.90 Å². The molecule has 2 aromatic rings. The van der Waals surface area contributed by atoms with Crippen LogP contribution in [0.2, 0.25) is 0 Å². The van der Waals surface area contributed by atoms with Crippen LogP contribution in [0.4, 0.5) is 10.5 Å². The third kappa shape index (κ3) is 2.61. The summed E-state index contributed by atoms with van der Waals surface area (Å²) in [6.07, 6.45) is 0. The van der Waals surface area contributed by atoms with Crippen LogP contribution in [-0.2, 0) is 4.79 Å². The fourth-order valence-corrected chi connectivity index (χ4v) is 2.94. The number of carbonyl (C=O) groups excluding carboxylic acids is 2. The van der Waals surface area contributed by atoms with Gasteiger partial charge >= 0.3 is 6.03 Å². The Labute approximate surface area is 136 Å². The van der Waals surface area contributed by atoms with Gasteiger partial charge in [-0.25, -0.2) is 4.79 Å². The SMILES string of the molecule is CC(C)(C)N1C(=O)C(c2ccccc2)N(c2ccccc2)C1=O. The van der Waals surface area contributed by atoms with E-state index in [2.05, 4.69) is 0 Å². The summed E-state index contributed by atoms with van der Waals surface area (Å²) >= 11 is 0. The molecule has 0 N–H and O–H groups in total. The maximum atomic E-state index is 13.0. The van der Waals surface area contributed by atoms with Gasteiger partial charge in [0.05, 0.1) is 0 Å². The minimum atomic E-state index is -0.620. The molecule has 0 aromatic heterocycles. The number of anilines is 1. The summed E-state index contributed by atoms with van der Waals surface area (Å²) in [7, 11) is 0. The van der Waals surface area contributed by atoms with Gasteiger partial charge in [0.25, 0.3) is 5.91 Å². The van der Waals surface area contributed by atoms with Crippen LogP contribution in [-0.4, -0.2) is 22.4 Å². The molecule has 1 fully saturated rings. The third-order valence-electron chi connectivity index (χ3n) is 3.93. The zero-order valence-electron chi connectivity index (χ0n) is 13.6. The quantitative estimate of drug-likeness (QED) is 0.787. The normalized spacial score (nSPS) is 18.7. The number of benzene rings is 2. The average Bonchev–Trinajstić information content (AvgIpc) is 2.79. The molecule has 1 saturated heterocycles. The lowest BCUT2D eigenvalue weighted by Crippen LogP contribution is -2.46. The van der Waals surface area contributed by atoms with Crippen LogP contribution in [0.3, 0.4) is 0 Å². The predicted molar refractivity (Wildman–Crippen MR) is 90.1 cm³/mol. The lowest BCUT2D eigenvalue weighted by Gasteiger charge is -2.29. The van der Waals surface area contributed by atoms with Crippen LogP contribution in [0.5, 0.6) is 0 Å². The predicted octanol–water partition coefficient (Wildman–Crippen LogP) is 4.00. The Morgan fingerprint density at radius 3 is 1.87 bits per heavy atom. The van der Waals surface area contributed by atoms with Crippen molar-refractivity contribution in [2.24, 2.45) is 0 Å². The van der Waals surface area contributed by atoms with Gasteiger partial charge in [-0.1, -0.05) is 48.5 Å². The van der Waals surface area contributed by atoms with Crippen molar-refractivity contribution in [3.8, 4) is 0 Å². The van der Waals surface area contributed by atoms with Crippen molar-refractivity contribution in [1.82, 2.24) is 4.90 Å². The third-order valence-corrected chi connectivity index (χ3v) is 3.93. The Kier molecular flexibility index (Phi) is 3.68. The molecule has 3 amide bonds. The highest BCUT2D eigenvalue weighted by molar-refractivity contribution is 6.15.